The normalized spacial score (nSPS) is 29.6. The lowest BCUT2D eigenvalue weighted by Crippen LogP contribution is -2.48. The number of hydrogen-bond donors (Lipinski definition) is 1. The Labute approximate surface area is 179 Å². The van der Waals surface area contributed by atoms with Crippen molar-refractivity contribution in [3.63, 3.8) is 0 Å². The van der Waals surface area contributed by atoms with E-state index in [1.165, 1.54) is 5.69 Å². The number of morpholine rings is 1. The number of aromatic nitrogens is 5. The van der Waals surface area contributed by atoms with Crippen LogP contribution in [0.25, 0.3) is 11.0 Å². The number of ether oxygens (including phenoxy) is 1. The predicted octanol–water partition coefficient (Wildman–Crippen LogP) is 1.11. The maximum atomic E-state index is 13.4. The summed E-state index contributed by atoms with van der Waals surface area (Å²) in [7, 11) is 0. The molecule has 31 heavy (non-hydrogen) atoms. The van der Waals surface area contributed by atoms with Gasteiger partial charge in [0.2, 0.25) is 0 Å². The zero-order valence-corrected chi connectivity index (χ0v) is 17.3. The van der Waals surface area contributed by atoms with E-state index >= 15 is 0 Å². The van der Waals surface area contributed by atoms with Crippen LogP contribution in [-0.4, -0.2) is 68.0 Å². The number of likely N-dealkylation sites (tertiary alicyclic amines) is 1. The summed E-state index contributed by atoms with van der Waals surface area (Å²) in [6.45, 7) is 5.04. The van der Waals surface area contributed by atoms with Crippen molar-refractivity contribution >= 4 is 16.9 Å². The lowest BCUT2D eigenvalue weighted by Gasteiger charge is -2.43. The highest BCUT2D eigenvalue weighted by Gasteiger charge is 2.40. The molecule has 9 heteroatoms. The second-order valence-corrected chi connectivity index (χ2v) is 9.51. The van der Waals surface area contributed by atoms with Crippen molar-refractivity contribution < 1.29 is 4.74 Å². The molecule has 3 aromatic heterocycles. The summed E-state index contributed by atoms with van der Waals surface area (Å²) in [6.07, 6.45) is 6.00. The number of pyridine rings is 1. The van der Waals surface area contributed by atoms with Crippen molar-refractivity contribution in [3.05, 3.63) is 46.3 Å². The molecule has 0 saturated carbocycles. The van der Waals surface area contributed by atoms with Gasteiger partial charge in [-0.25, -0.2) is 9.97 Å². The van der Waals surface area contributed by atoms with Crippen molar-refractivity contribution in [3.8, 4) is 0 Å². The first-order valence-electron chi connectivity index (χ1n) is 11.2. The molecule has 4 aliphatic rings. The number of nitrogens with zero attached hydrogens (tertiary/aromatic N) is 6. The Bertz CT molecular complexity index is 1220. The van der Waals surface area contributed by atoms with Gasteiger partial charge in [-0.2, -0.15) is 5.10 Å². The first-order valence-corrected chi connectivity index (χ1v) is 11.2. The second kappa shape index (κ2) is 6.61. The lowest BCUT2D eigenvalue weighted by molar-refractivity contribution is 0.0271. The van der Waals surface area contributed by atoms with E-state index in [1.807, 2.05) is 0 Å². The van der Waals surface area contributed by atoms with Crippen LogP contribution in [0.4, 0.5) is 5.82 Å². The van der Waals surface area contributed by atoms with Gasteiger partial charge in [-0.1, -0.05) is 6.07 Å². The van der Waals surface area contributed by atoms with Crippen LogP contribution in [0.3, 0.4) is 0 Å². The Balaban J connectivity index is 1.18. The summed E-state index contributed by atoms with van der Waals surface area (Å²) >= 11 is 0. The third-order valence-corrected chi connectivity index (χ3v) is 7.60. The van der Waals surface area contributed by atoms with Crippen LogP contribution in [0.5, 0.6) is 0 Å². The minimum atomic E-state index is 0.198. The second-order valence-electron chi connectivity index (χ2n) is 9.51. The molecule has 9 nitrogen and oxygen atoms in total. The molecule has 7 rings (SSSR count). The topological polar surface area (TPSA) is 92.2 Å². The van der Waals surface area contributed by atoms with Crippen LogP contribution in [0.15, 0.2) is 29.5 Å². The van der Waals surface area contributed by atoms with Crippen LogP contribution in [0.2, 0.25) is 0 Å². The fourth-order valence-corrected chi connectivity index (χ4v) is 6.18. The average molecular weight is 419 g/mol. The minimum absolute atomic E-state index is 0.198. The molecule has 0 aliphatic carbocycles. The molecule has 160 valence electrons. The number of anilines is 1. The molecule has 0 aromatic carbocycles. The zero-order valence-electron chi connectivity index (χ0n) is 17.3. The SMILES string of the molecule is O=c1c(CN2C[C@H]3C[C@@H]2CO3)ccc2n1C[C@H]1C[C@@H]2CN(c2ncnc3[nH]ncc23)C1. The highest BCUT2D eigenvalue weighted by Crippen LogP contribution is 2.38. The Morgan fingerprint density at radius 3 is 2.97 bits per heavy atom. The van der Waals surface area contributed by atoms with Crippen molar-refractivity contribution in [1.29, 1.82) is 0 Å². The molecule has 4 atom stereocenters. The quantitative estimate of drug-likeness (QED) is 0.680. The number of rotatable bonds is 3. The number of aromatic amines is 1. The monoisotopic (exact) mass is 419 g/mol. The molecule has 0 spiro atoms. The van der Waals surface area contributed by atoms with E-state index in [0.29, 0.717) is 24.0 Å². The van der Waals surface area contributed by atoms with Crippen molar-refractivity contribution in [2.24, 2.45) is 5.92 Å². The van der Waals surface area contributed by atoms with E-state index in [0.717, 1.165) is 74.6 Å². The van der Waals surface area contributed by atoms with Gasteiger partial charge in [-0.3, -0.25) is 14.8 Å². The molecule has 0 unspecified atom stereocenters. The summed E-state index contributed by atoms with van der Waals surface area (Å²) < 4.78 is 7.77. The standard InChI is InChI=1S/C22H25N7O2/c30-22-14(8-27-10-17-4-16(27)11-31-17)1-2-19-15-3-13(7-29(19)22)6-28(9-15)21-18-5-25-26-20(18)23-12-24-21/h1-2,5,12-13,15-17H,3-4,6-11H2,(H,23,24,25,26)/t13-,15+,16+,17+/m0/s1. The molecular weight excluding hydrogens is 394 g/mol. The summed E-state index contributed by atoms with van der Waals surface area (Å²) in [5.41, 5.74) is 3.05. The third kappa shape index (κ3) is 2.76. The Kier molecular flexibility index (Phi) is 3.81. The van der Waals surface area contributed by atoms with Gasteiger partial charge >= 0.3 is 0 Å². The molecule has 7 heterocycles. The van der Waals surface area contributed by atoms with Crippen LogP contribution in [0, 0.1) is 5.92 Å². The van der Waals surface area contributed by atoms with E-state index in [2.05, 4.69) is 46.7 Å². The van der Waals surface area contributed by atoms with Crippen molar-refractivity contribution in [1.82, 2.24) is 29.6 Å². The van der Waals surface area contributed by atoms with Gasteiger partial charge in [0, 0.05) is 55.9 Å². The van der Waals surface area contributed by atoms with E-state index in [4.69, 9.17) is 4.74 Å². The summed E-state index contributed by atoms with van der Waals surface area (Å²) in [5, 5.41) is 8.02. The number of fused-ring (bicyclic) bond motifs is 7. The predicted molar refractivity (Wildman–Crippen MR) is 114 cm³/mol. The molecule has 4 aliphatic heterocycles. The van der Waals surface area contributed by atoms with Gasteiger partial charge in [-0.15, -0.1) is 0 Å². The van der Waals surface area contributed by atoms with Crippen LogP contribution >= 0.6 is 0 Å². The molecule has 3 saturated heterocycles. The van der Waals surface area contributed by atoms with Crippen molar-refractivity contribution in [2.45, 2.75) is 44.0 Å². The molecule has 0 amide bonds. The Hall–Kier alpha value is -2.78. The number of nitrogens with one attached hydrogen (secondary N) is 1. The van der Waals surface area contributed by atoms with E-state index in [-0.39, 0.29) is 5.56 Å². The average Bonchev–Trinajstić information content (AvgIpc) is 3.52. The molecule has 3 fully saturated rings. The van der Waals surface area contributed by atoms with Gasteiger partial charge in [0.15, 0.2) is 5.65 Å². The largest absolute Gasteiger partial charge is 0.375 e. The summed E-state index contributed by atoms with van der Waals surface area (Å²) in [4.78, 5) is 27.0. The van der Waals surface area contributed by atoms with Gasteiger partial charge in [-0.05, 0) is 24.8 Å². The first kappa shape index (κ1) is 17.9. The van der Waals surface area contributed by atoms with Gasteiger partial charge in [0.25, 0.3) is 5.56 Å². The number of hydrogen-bond acceptors (Lipinski definition) is 7. The number of H-pyrrole nitrogens is 1. The smallest absolute Gasteiger partial charge is 0.255 e. The van der Waals surface area contributed by atoms with E-state index in [1.54, 1.807) is 12.5 Å². The maximum Gasteiger partial charge on any atom is 0.255 e. The molecule has 1 N–H and O–H groups in total. The highest BCUT2D eigenvalue weighted by molar-refractivity contribution is 5.86. The van der Waals surface area contributed by atoms with E-state index < -0.39 is 0 Å². The molecule has 4 bridgehead atoms. The maximum absolute atomic E-state index is 13.4. The fourth-order valence-electron chi connectivity index (χ4n) is 6.18. The number of piperidine rings is 1. The third-order valence-electron chi connectivity index (χ3n) is 7.60. The fraction of sp³-hybridized carbons (Fsp3) is 0.545. The van der Waals surface area contributed by atoms with Gasteiger partial charge in [0.05, 0.1) is 24.3 Å². The van der Waals surface area contributed by atoms with Crippen molar-refractivity contribution in [2.75, 3.05) is 31.1 Å². The van der Waals surface area contributed by atoms with Crippen LogP contribution in [0.1, 0.15) is 30.0 Å². The molecule has 3 aromatic rings. The van der Waals surface area contributed by atoms with Gasteiger partial charge < -0.3 is 14.2 Å². The van der Waals surface area contributed by atoms with Crippen LogP contribution in [-0.2, 0) is 17.8 Å². The lowest BCUT2D eigenvalue weighted by atomic mass is 9.83. The highest BCUT2D eigenvalue weighted by atomic mass is 16.5. The first-order chi connectivity index (χ1) is 15.2. The van der Waals surface area contributed by atoms with Gasteiger partial charge in [0.1, 0.15) is 12.1 Å². The Morgan fingerprint density at radius 1 is 1.13 bits per heavy atom. The Morgan fingerprint density at radius 2 is 2.10 bits per heavy atom. The van der Waals surface area contributed by atoms with Crippen LogP contribution < -0.4 is 10.5 Å². The molecule has 0 radical (unpaired) electrons. The van der Waals surface area contributed by atoms with E-state index in [9.17, 15) is 4.79 Å². The summed E-state index contributed by atoms with van der Waals surface area (Å²) in [6, 6.07) is 4.74. The molecular formula is C22H25N7O2. The minimum Gasteiger partial charge on any atom is -0.375 e. The summed E-state index contributed by atoms with van der Waals surface area (Å²) in [5.74, 6) is 1.71. The zero-order chi connectivity index (χ0) is 20.5.